The van der Waals surface area contributed by atoms with Gasteiger partial charge in [0.25, 0.3) is 0 Å². The highest BCUT2D eigenvalue weighted by atomic mass is 16.5. The van der Waals surface area contributed by atoms with Crippen LogP contribution < -0.4 is 9.47 Å². The number of hydrogen-bond acceptors (Lipinski definition) is 5. The Hall–Kier alpha value is -2.58. The summed E-state index contributed by atoms with van der Waals surface area (Å²) in [5.41, 5.74) is 2.59. The van der Waals surface area contributed by atoms with E-state index in [0.29, 0.717) is 6.61 Å². The molecule has 29 heavy (non-hydrogen) atoms. The van der Waals surface area contributed by atoms with Crippen LogP contribution in [-0.2, 0) is 20.6 Å². The summed E-state index contributed by atoms with van der Waals surface area (Å²) < 4.78 is 29.4. The number of rotatable bonds is 4. The van der Waals surface area contributed by atoms with Crippen molar-refractivity contribution in [1.29, 1.82) is 0 Å². The number of methoxy groups -OCH3 is 2. The van der Waals surface area contributed by atoms with Gasteiger partial charge in [-0.2, -0.15) is 0 Å². The SMILES string of the molecule is CO/C(=C/C1=C(C)OCC2Oc3c(ccc4c3C#CC(C)(C)O4)CC12)C(C)OC. The van der Waals surface area contributed by atoms with E-state index in [0.717, 1.165) is 46.1 Å². The lowest BCUT2D eigenvalue weighted by Gasteiger charge is -2.39. The van der Waals surface area contributed by atoms with Crippen LogP contribution in [0, 0.1) is 17.8 Å². The second kappa shape index (κ2) is 7.35. The molecule has 0 aliphatic carbocycles. The molecule has 0 saturated heterocycles. The zero-order valence-electron chi connectivity index (χ0n) is 17.9. The minimum Gasteiger partial charge on any atom is -0.498 e. The third-order valence-electron chi connectivity index (χ3n) is 5.77. The molecule has 5 heteroatoms. The molecule has 0 fully saturated rings. The van der Waals surface area contributed by atoms with Crippen molar-refractivity contribution in [2.75, 3.05) is 20.8 Å². The first-order valence-electron chi connectivity index (χ1n) is 9.99. The summed E-state index contributed by atoms with van der Waals surface area (Å²) in [4.78, 5) is 0. The Morgan fingerprint density at radius 3 is 2.83 bits per heavy atom. The maximum absolute atomic E-state index is 6.44. The maximum Gasteiger partial charge on any atom is 0.164 e. The molecule has 0 bridgehead atoms. The predicted molar refractivity (Wildman–Crippen MR) is 110 cm³/mol. The van der Waals surface area contributed by atoms with Crippen LogP contribution in [0.4, 0.5) is 0 Å². The van der Waals surface area contributed by atoms with Crippen molar-refractivity contribution in [2.45, 2.75) is 51.9 Å². The standard InChI is InChI=1S/C24H28O5/c1-14-18(12-21(26-6)15(2)25-5)19-11-16-7-8-20-17(9-10-24(3,4)29-20)23(16)28-22(19)13-27-14/h7-8,12,15,19,22H,11,13H2,1-6H3/b21-12+. The summed E-state index contributed by atoms with van der Waals surface area (Å²) in [6.45, 7) is 8.41. The fourth-order valence-corrected chi connectivity index (χ4v) is 4.05. The lowest BCUT2D eigenvalue weighted by atomic mass is 9.81. The van der Waals surface area contributed by atoms with Gasteiger partial charge in [0.15, 0.2) is 5.60 Å². The van der Waals surface area contributed by atoms with Crippen LogP contribution in [0.3, 0.4) is 0 Å². The molecule has 0 saturated carbocycles. The van der Waals surface area contributed by atoms with Crippen LogP contribution >= 0.6 is 0 Å². The molecule has 3 aliphatic heterocycles. The van der Waals surface area contributed by atoms with Gasteiger partial charge in [-0.1, -0.05) is 17.9 Å². The second-order valence-corrected chi connectivity index (χ2v) is 8.21. The summed E-state index contributed by atoms with van der Waals surface area (Å²) in [6, 6.07) is 4.10. The topological polar surface area (TPSA) is 46.2 Å². The largest absolute Gasteiger partial charge is 0.498 e. The van der Waals surface area contributed by atoms with E-state index in [-0.39, 0.29) is 18.1 Å². The summed E-state index contributed by atoms with van der Waals surface area (Å²) in [5.74, 6) is 9.89. The Bertz CT molecular complexity index is 944. The van der Waals surface area contributed by atoms with Gasteiger partial charge in [0.1, 0.15) is 41.6 Å². The Morgan fingerprint density at radius 2 is 2.10 bits per heavy atom. The minimum atomic E-state index is -0.487. The number of hydrogen-bond donors (Lipinski definition) is 0. The molecule has 3 heterocycles. The maximum atomic E-state index is 6.44. The predicted octanol–water partition coefficient (Wildman–Crippen LogP) is 4.00. The van der Waals surface area contributed by atoms with Gasteiger partial charge in [-0.15, -0.1) is 0 Å². The third kappa shape index (κ3) is 3.58. The Balaban J connectivity index is 1.71. The molecule has 5 nitrogen and oxygen atoms in total. The van der Waals surface area contributed by atoms with Gasteiger partial charge in [-0.3, -0.25) is 0 Å². The average Bonchev–Trinajstić information content (AvgIpc) is 2.70. The fraction of sp³-hybridized carbons (Fsp3) is 0.500. The number of benzene rings is 1. The minimum absolute atomic E-state index is 0.0864. The molecule has 0 aromatic heterocycles. The van der Waals surface area contributed by atoms with Crippen molar-refractivity contribution in [3.05, 3.63) is 46.4 Å². The lowest BCUT2D eigenvalue weighted by molar-refractivity contribution is 0.0262. The molecule has 0 radical (unpaired) electrons. The number of allylic oxidation sites excluding steroid dienone is 2. The smallest absolute Gasteiger partial charge is 0.164 e. The molecule has 1 aromatic carbocycles. The quantitative estimate of drug-likeness (QED) is 0.569. The first kappa shape index (κ1) is 19.7. The average molecular weight is 396 g/mol. The first-order chi connectivity index (χ1) is 13.8. The van der Waals surface area contributed by atoms with E-state index in [1.54, 1.807) is 14.2 Å². The van der Waals surface area contributed by atoms with Crippen molar-refractivity contribution >= 4 is 0 Å². The van der Waals surface area contributed by atoms with Gasteiger partial charge in [0.2, 0.25) is 0 Å². The first-order valence-corrected chi connectivity index (χ1v) is 9.99. The summed E-state index contributed by atoms with van der Waals surface area (Å²) in [6.07, 6.45) is 2.67. The third-order valence-corrected chi connectivity index (χ3v) is 5.77. The van der Waals surface area contributed by atoms with Gasteiger partial charge in [-0.25, -0.2) is 0 Å². The van der Waals surface area contributed by atoms with Crippen molar-refractivity contribution < 1.29 is 23.7 Å². The molecular formula is C24H28O5. The van der Waals surface area contributed by atoms with E-state index >= 15 is 0 Å². The van der Waals surface area contributed by atoms with Gasteiger partial charge < -0.3 is 23.7 Å². The van der Waals surface area contributed by atoms with Crippen LogP contribution in [0.5, 0.6) is 11.5 Å². The van der Waals surface area contributed by atoms with E-state index < -0.39 is 5.60 Å². The Morgan fingerprint density at radius 1 is 1.31 bits per heavy atom. The summed E-state index contributed by atoms with van der Waals surface area (Å²) in [7, 11) is 3.34. The van der Waals surface area contributed by atoms with Crippen LogP contribution in [0.2, 0.25) is 0 Å². The molecule has 3 atom stereocenters. The molecule has 1 aromatic rings. The van der Waals surface area contributed by atoms with E-state index in [1.807, 2.05) is 39.8 Å². The molecule has 0 amide bonds. The summed E-state index contributed by atoms with van der Waals surface area (Å²) >= 11 is 0. The van der Waals surface area contributed by atoms with E-state index in [9.17, 15) is 0 Å². The van der Waals surface area contributed by atoms with Gasteiger partial charge in [0.05, 0.1) is 12.9 Å². The van der Waals surface area contributed by atoms with Crippen LogP contribution in [0.25, 0.3) is 0 Å². The van der Waals surface area contributed by atoms with Crippen LogP contribution in [-0.4, -0.2) is 38.6 Å². The van der Waals surface area contributed by atoms with Crippen LogP contribution in [0.1, 0.15) is 38.8 Å². The molecule has 4 rings (SSSR count). The molecule has 0 N–H and O–H groups in total. The fourth-order valence-electron chi connectivity index (χ4n) is 4.05. The highest BCUT2D eigenvalue weighted by Crippen LogP contribution is 2.44. The van der Waals surface area contributed by atoms with Crippen molar-refractivity contribution in [3.63, 3.8) is 0 Å². The van der Waals surface area contributed by atoms with E-state index in [1.165, 1.54) is 0 Å². The molecular weight excluding hydrogens is 368 g/mol. The lowest BCUT2D eigenvalue weighted by Crippen LogP contribution is -2.41. The van der Waals surface area contributed by atoms with Gasteiger partial charge in [0, 0.05) is 18.6 Å². The molecule has 3 aliphatic rings. The van der Waals surface area contributed by atoms with E-state index in [4.69, 9.17) is 23.7 Å². The Labute approximate surface area is 172 Å². The zero-order valence-corrected chi connectivity index (χ0v) is 17.9. The zero-order chi connectivity index (χ0) is 20.8. The van der Waals surface area contributed by atoms with Crippen molar-refractivity contribution in [3.8, 4) is 23.3 Å². The molecule has 154 valence electrons. The normalized spacial score (nSPS) is 25.1. The van der Waals surface area contributed by atoms with Gasteiger partial charge in [-0.05, 0) is 51.8 Å². The number of ether oxygens (including phenoxy) is 5. The molecule has 0 spiro atoms. The summed E-state index contributed by atoms with van der Waals surface area (Å²) in [5, 5.41) is 0. The highest BCUT2D eigenvalue weighted by molar-refractivity contribution is 5.62. The Kier molecular flexibility index (Phi) is 5.00. The molecule has 3 unspecified atom stereocenters. The van der Waals surface area contributed by atoms with E-state index in [2.05, 4.69) is 17.9 Å². The van der Waals surface area contributed by atoms with Crippen molar-refractivity contribution in [2.24, 2.45) is 5.92 Å². The van der Waals surface area contributed by atoms with Crippen LogP contribution in [0.15, 0.2) is 35.3 Å². The second-order valence-electron chi connectivity index (χ2n) is 8.21. The van der Waals surface area contributed by atoms with Gasteiger partial charge >= 0.3 is 0 Å². The highest BCUT2D eigenvalue weighted by Gasteiger charge is 2.39. The van der Waals surface area contributed by atoms with Crippen molar-refractivity contribution in [1.82, 2.24) is 0 Å². The monoisotopic (exact) mass is 396 g/mol. The number of fused-ring (bicyclic) bond motifs is 4.